The molecule has 0 unspecified atom stereocenters. The first-order chi connectivity index (χ1) is 4.73. The molecule has 0 aliphatic carbocycles. The molecule has 0 bridgehead atoms. The lowest BCUT2D eigenvalue weighted by Crippen LogP contribution is -2.62. The average Bonchev–Trinajstić information content (AvgIpc) is 1.83. The molecule has 0 aromatic carbocycles. The van der Waals surface area contributed by atoms with Crippen molar-refractivity contribution in [3.63, 3.8) is 0 Å². The molecular formula is C7H20ClNSi2. The summed E-state index contributed by atoms with van der Waals surface area (Å²) in [6.07, 6.45) is 0. The van der Waals surface area contributed by atoms with Gasteiger partial charge in [0.15, 0.2) is 6.90 Å². The fraction of sp³-hybridized carbons (Fsp3) is 1.00. The molecule has 0 saturated heterocycles. The van der Waals surface area contributed by atoms with E-state index in [2.05, 4.69) is 44.7 Å². The summed E-state index contributed by atoms with van der Waals surface area (Å²) in [4.78, 5) is 0. The number of hydrogen-bond acceptors (Lipinski definition) is 1. The van der Waals surface area contributed by atoms with Crippen molar-refractivity contribution < 1.29 is 0 Å². The van der Waals surface area contributed by atoms with Crippen LogP contribution in [0.5, 0.6) is 0 Å². The van der Waals surface area contributed by atoms with Gasteiger partial charge in [0.25, 0.3) is 0 Å². The molecule has 0 radical (unpaired) electrons. The molecule has 4 heteroatoms. The van der Waals surface area contributed by atoms with E-state index >= 15 is 0 Å². The number of rotatable bonds is 3. The fourth-order valence-electron chi connectivity index (χ4n) is 0.849. The van der Waals surface area contributed by atoms with E-state index in [9.17, 15) is 0 Å². The third-order valence-corrected chi connectivity index (χ3v) is 22.1. The maximum absolute atomic E-state index is 6.46. The van der Waals surface area contributed by atoms with E-state index in [0.29, 0.717) is 0 Å². The lowest BCUT2D eigenvalue weighted by Gasteiger charge is -2.40. The molecule has 0 fully saturated rings. The van der Waals surface area contributed by atoms with Crippen molar-refractivity contribution in [3.05, 3.63) is 0 Å². The van der Waals surface area contributed by atoms with Gasteiger partial charge in [-0.05, 0) is 13.6 Å². The van der Waals surface area contributed by atoms with E-state index in [1.54, 1.807) is 0 Å². The van der Waals surface area contributed by atoms with Crippen molar-refractivity contribution in [2.45, 2.75) is 33.1 Å². The van der Waals surface area contributed by atoms with Crippen molar-refractivity contribution in [3.8, 4) is 0 Å². The van der Waals surface area contributed by atoms with Crippen LogP contribution in [0.15, 0.2) is 0 Å². The fourth-order valence-corrected chi connectivity index (χ4v) is 7.04. The Hall–Kier alpha value is 0.684. The third-order valence-electron chi connectivity index (χ3n) is 2.88. The summed E-state index contributed by atoms with van der Waals surface area (Å²) < 4.78 is 2.46. The first-order valence-corrected chi connectivity index (χ1v) is 12.1. The van der Waals surface area contributed by atoms with Gasteiger partial charge in [0.1, 0.15) is 7.75 Å². The maximum atomic E-state index is 6.46. The molecular weight excluding hydrogens is 190 g/mol. The molecule has 68 valence electrons. The highest BCUT2D eigenvalue weighted by Crippen LogP contribution is 2.24. The molecule has 0 heterocycles. The minimum absolute atomic E-state index is 1.13. The van der Waals surface area contributed by atoms with Gasteiger partial charge in [0.2, 0.25) is 0 Å². The molecule has 0 aliphatic rings. The van der Waals surface area contributed by atoms with Gasteiger partial charge >= 0.3 is 0 Å². The molecule has 0 N–H and O–H groups in total. The minimum atomic E-state index is -1.43. The SMILES string of the molecule is CCN(C)[Si](C)(C)[Si](C)(C)Cl. The van der Waals surface area contributed by atoms with Gasteiger partial charge in [-0.2, -0.15) is 11.1 Å². The molecule has 1 nitrogen and oxygen atoms in total. The Morgan fingerprint density at radius 1 is 1.18 bits per heavy atom. The van der Waals surface area contributed by atoms with E-state index in [4.69, 9.17) is 11.1 Å². The smallest absolute Gasteiger partial charge is 0.158 e. The molecule has 0 aromatic heterocycles. The standard InChI is InChI=1S/C7H20ClNSi2/c1-7-9(2)11(5,6)10(3,4)8/h7H2,1-6H3. The Bertz CT molecular complexity index is 131. The van der Waals surface area contributed by atoms with Crippen molar-refractivity contribution in [1.82, 2.24) is 4.57 Å². The van der Waals surface area contributed by atoms with E-state index < -0.39 is 14.7 Å². The van der Waals surface area contributed by atoms with E-state index in [1.165, 1.54) is 0 Å². The second kappa shape index (κ2) is 3.60. The first-order valence-electron chi connectivity index (χ1n) is 4.13. The molecule has 11 heavy (non-hydrogen) atoms. The summed E-state index contributed by atoms with van der Waals surface area (Å²) in [5, 5.41) is 0. The Morgan fingerprint density at radius 2 is 1.55 bits per heavy atom. The quantitative estimate of drug-likeness (QED) is 0.511. The Morgan fingerprint density at radius 3 is 1.64 bits per heavy atom. The Labute approximate surface area is 77.3 Å². The predicted octanol–water partition coefficient (Wildman–Crippen LogP) is 2.67. The lowest BCUT2D eigenvalue weighted by atomic mass is 10.8. The molecule has 0 spiro atoms. The Balaban J connectivity index is 4.45. The third kappa shape index (κ3) is 2.58. The van der Waals surface area contributed by atoms with Crippen LogP contribution >= 0.6 is 11.1 Å². The zero-order valence-corrected chi connectivity index (χ0v) is 11.3. The van der Waals surface area contributed by atoms with Crippen LogP contribution in [0, 0.1) is 0 Å². The topological polar surface area (TPSA) is 3.24 Å². The van der Waals surface area contributed by atoms with Gasteiger partial charge < -0.3 is 4.57 Å². The summed E-state index contributed by atoms with van der Waals surface area (Å²) >= 11 is 6.46. The highest BCUT2D eigenvalue weighted by Gasteiger charge is 2.42. The summed E-state index contributed by atoms with van der Waals surface area (Å²) in [5.41, 5.74) is 0. The van der Waals surface area contributed by atoms with Crippen LogP contribution in [0.25, 0.3) is 0 Å². The van der Waals surface area contributed by atoms with E-state index in [-0.39, 0.29) is 0 Å². The second-order valence-electron chi connectivity index (χ2n) is 4.05. The van der Waals surface area contributed by atoms with Gasteiger partial charge in [0.05, 0.1) is 0 Å². The lowest BCUT2D eigenvalue weighted by molar-refractivity contribution is 0.548. The average molecular weight is 210 g/mol. The monoisotopic (exact) mass is 209 g/mol. The van der Waals surface area contributed by atoms with Crippen LogP contribution in [0.3, 0.4) is 0 Å². The van der Waals surface area contributed by atoms with Crippen LogP contribution in [0.4, 0.5) is 0 Å². The van der Waals surface area contributed by atoms with Crippen LogP contribution in [-0.2, 0) is 0 Å². The van der Waals surface area contributed by atoms with Crippen molar-refractivity contribution in [2.75, 3.05) is 13.6 Å². The molecule has 0 atom stereocenters. The molecule has 0 saturated carbocycles. The van der Waals surface area contributed by atoms with Crippen LogP contribution in [-0.4, -0.2) is 32.8 Å². The van der Waals surface area contributed by atoms with Crippen molar-refractivity contribution >= 4 is 25.7 Å². The van der Waals surface area contributed by atoms with Gasteiger partial charge in [0, 0.05) is 0 Å². The van der Waals surface area contributed by atoms with Crippen LogP contribution < -0.4 is 0 Å². The highest BCUT2D eigenvalue weighted by molar-refractivity contribution is 7.57. The normalized spacial score (nSPS) is 14.2. The first kappa shape index (κ1) is 11.7. The van der Waals surface area contributed by atoms with Gasteiger partial charge in [-0.3, -0.25) is 0 Å². The van der Waals surface area contributed by atoms with Crippen molar-refractivity contribution in [1.29, 1.82) is 0 Å². The molecule has 0 aromatic rings. The number of halogens is 1. The number of hydrogen-bond donors (Lipinski definition) is 0. The zero-order valence-electron chi connectivity index (χ0n) is 8.53. The summed E-state index contributed by atoms with van der Waals surface area (Å²) in [7, 11) is 0.927. The molecule has 0 amide bonds. The highest BCUT2D eigenvalue weighted by atomic mass is 35.6. The van der Waals surface area contributed by atoms with E-state index in [1.807, 2.05) is 0 Å². The molecule has 0 rings (SSSR count). The van der Waals surface area contributed by atoms with Crippen LogP contribution in [0.1, 0.15) is 6.92 Å². The Kier molecular flexibility index (Phi) is 3.82. The second-order valence-corrected chi connectivity index (χ2v) is 22.1. The van der Waals surface area contributed by atoms with Gasteiger partial charge in [-0.15, -0.1) is 0 Å². The zero-order chi connectivity index (χ0) is 9.28. The van der Waals surface area contributed by atoms with E-state index in [0.717, 1.165) is 6.54 Å². The maximum Gasteiger partial charge on any atom is 0.158 e. The van der Waals surface area contributed by atoms with Gasteiger partial charge in [-0.25, -0.2) is 0 Å². The van der Waals surface area contributed by atoms with Crippen molar-refractivity contribution in [2.24, 2.45) is 0 Å². The predicted molar refractivity (Wildman–Crippen MR) is 59.1 cm³/mol. The van der Waals surface area contributed by atoms with Gasteiger partial charge in [-0.1, -0.05) is 33.1 Å². The number of nitrogens with zero attached hydrogens (tertiary/aromatic N) is 1. The summed E-state index contributed by atoms with van der Waals surface area (Å²) in [6, 6.07) is 0. The van der Waals surface area contributed by atoms with Crippen LogP contribution in [0.2, 0.25) is 26.2 Å². The summed E-state index contributed by atoms with van der Waals surface area (Å²) in [6.45, 7) is 11.2. The minimum Gasteiger partial charge on any atom is -0.328 e. The summed E-state index contributed by atoms with van der Waals surface area (Å²) in [5.74, 6) is 0. The largest absolute Gasteiger partial charge is 0.328 e. The molecule has 0 aliphatic heterocycles.